The lowest BCUT2D eigenvalue weighted by Gasteiger charge is -2.21. The van der Waals surface area contributed by atoms with Gasteiger partial charge in [0.05, 0.1) is 12.2 Å². The number of hydrogen-bond donors (Lipinski definition) is 3. The predicted octanol–water partition coefficient (Wildman–Crippen LogP) is 4.40. The number of sulfonamides is 1. The van der Waals surface area contributed by atoms with Gasteiger partial charge in [-0.3, -0.25) is 0 Å². The summed E-state index contributed by atoms with van der Waals surface area (Å²) in [5, 5.41) is 5.45. The molecule has 6 nitrogen and oxygen atoms in total. The molecule has 0 aromatic heterocycles. The molecule has 10 heteroatoms. The number of nitrogens with one attached hydrogen (secondary N) is 3. The van der Waals surface area contributed by atoms with E-state index in [1.165, 1.54) is 11.1 Å². The van der Waals surface area contributed by atoms with E-state index in [-0.39, 0.29) is 0 Å². The average Bonchev–Trinajstić information content (AvgIpc) is 3.41. The summed E-state index contributed by atoms with van der Waals surface area (Å²) < 4.78 is 65.4. The van der Waals surface area contributed by atoms with Crippen molar-refractivity contribution in [1.29, 1.82) is 0 Å². The minimum Gasteiger partial charge on any atom is -0.309 e. The lowest BCUT2D eigenvalue weighted by Crippen LogP contribution is -2.40. The summed E-state index contributed by atoms with van der Waals surface area (Å²) >= 11 is 0. The maximum atomic E-state index is 12.8. The van der Waals surface area contributed by atoms with Crippen molar-refractivity contribution in [1.82, 2.24) is 10.0 Å². The smallest absolute Gasteiger partial charge is 0.309 e. The number of hydrogen-bond acceptors (Lipinski definition) is 4. The van der Waals surface area contributed by atoms with Crippen LogP contribution in [0.25, 0.3) is 0 Å². The molecule has 2 aromatic carbocycles. The van der Waals surface area contributed by atoms with Crippen LogP contribution in [0.1, 0.15) is 53.1 Å². The van der Waals surface area contributed by atoms with Gasteiger partial charge in [0.25, 0.3) is 0 Å². The number of alkyl halides is 3. The van der Waals surface area contributed by atoms with Gasteiger partial charge in [-0.1, -0.05) is 36.4 Å². The standard InChI is InChI=1S/C24H28F3N3O3S/c25-24(26,27)12-13-28-21(16-6-2-1-3-7-16)15-34(32,33)30-23(31)29-22-19-10-4-8-17(19)14-18-9-5-11-20(18)22/h1-3,6-7,14,21,28H,4-5,8-13,15H2,(H2,29,30,31). The lowest BCUT2D eigenvalue weighted by atomic mass is 9.99. The van der Waals surface area contributed by atoms with E-state index >= 15 is 0 Å². The van der Waals surface area contributed by atoms with Gasteiger partial charge in [-0.25, -0.2) is 17.9 Å². The van der Waals surface area contributed by atoms with Crippen LogP contribution in [0.4, 0.5) is 23.7 Å². The Labute approximate surface area is 197 Å². The summed E-state index contributed by atoms with van der Waals surface area (Å²) in [6.45, 7) is -0.437. The fourth-order valence-electron chi connectivity index (χ4n) is 4.85. The van der Waals surface area contributed by atoms with E-state index in [0.29, 0.717) is 5.56 Å². The van der Waals surface area contributed by atoms with Crippen LogP contribution in [-0.2, 0) is 35.7 Å². The zero-order valence-corrected chi connectivity index (χ0v) is 19.5. The second-order valence-electron chi connectivity index (χ2n) is 8.85. The summed E-state index contributed by atoms with van der Waals surface area (Å²) in [5.41, 5.74) is 5.80. The Kier molecular flexibility index (Phi) is 7.18. The van der Waals surface area contributed by atoms with E-state index in [0.717, 1.165) is 55.3 Å². The Morgan fingerprint density at radius 3 is 2.18 bits per heavy atom. The minimum absolute atomic E-state index is 0.437. The Hall–Kier alpha value is -2.59. The Bertz CT molecular complexity index is 1120. The van der Waals surface area contributed by atoms with Crippen LogP contribution in [0.5, 0.6) is 0 Å². The molecule has 0 fully saturated rings. The SMILES string of the molecule is O=C(Nc1c2c(cc3c1CCC3)CCC2)NS(=O)(=O)CC(NCCC(F)(F)F)c1ccccc1. The molecule has 0 saturated heterocycles. The molecule has 1 atom stereocenters. The number of urea groups is 1. The highest BCUT2D eigenvalue weighted by Gasteiger charge is 2.29. The molecule has 184 valence electrons. The van der Waals surface area contributed by atoms with Gasteiger partial charge in [0, 0.05) is 18.3 Å². The molecule has 0 aliphatic heterocycles. The number of aryl methyl sites for hydroxylation is 2. The first-order valence-electron chi connectivity index (χ1n) is 11.4. The quantitative estimate of drug-likeness (QED) is 0.507. The van der Waals surface area contributed by atoms with Crippen molar-refractivity contribution in [2.45, 2.75) is 57.2 Å². The van der Waals surface area contributed by atoms with Crippen LogP contribution in [0.2, 0.25) is 0 Å². The summed E-state index contributed by atoms with van der Waals surface area (Å²) in [5.74, 6) is -0.576. The zero-order chi connectivity index (χ0) is 24.3. The van der Waals surface area contributed by atoms with Crippen LogP contribution >= 0.6 is 0 Å². The fraction of sp³-hybridized carbons (Fsp3) is 0.458. The summed E-state index contributed by atoms with van der Waals surface area (Å²) in [7, 11) is -4.15. The number of carbonyl (C=O) groups is 1. The van der Waals surface area contributed by atoms with Gasteiger partial charge in [-0.2, -0.15) is 13.2 Å². The number of amides is 2. The van der Waals surface area contributed by atoms with Gasteiger partial charge in [-0.15, -0.1) is 0 Å². The van der Waals surface area contributed by atoms with Crippen LogP contribution in [0, 0.1) is 0 Å². The highest BCUT2D eigenvalue weighted by atomic mass is 32.2. The highest BCUT2D eigenvalue weighted by Crippen LogP contribution is 2.38. The molecule has 2 aromatic rings. The summed E-state index contributed by atoms with van der Waals surface area (Å²) in [4.78, 5) is 12.7. The molecular formula is C24H28F3N3O3S. The van der Waals surface area contributed by atoms with Crippen LogP contribution in [0.3, 0.4) is 0 Å². The van der Waals surface area contributed by atoms with Gasteiger partial charge >= 0.3 is 12.2 Å². The van der Waals surface area contributed by atoms with Crippen molar-refractivity contribution in [3.05, 3.63) is 64.2 Å². The molecule has 2 aliphatic rings. The van der Waals surface area contributed by atoms with Crippen molar-refractivity contribution < 1.29 is 26.4 Å². The number of halogens is 3. The lowest BCUT2D eigenvalue weighted by molar-refractivity contribution is -0.133. The number of fused-ring (bicyclic) bond motifs is 2. The molecule has 34 heavy (non-hydrogen) atoms. The molecule has 0 heterocycles. The third-order valence-electron chi connectivity index (χ3n) is 6.35. The molecule has 4 rings (SSSR count). The highest BCUT2D eigenvalue weighted by molar-refractivity contribution is 7.90. The maximum Gasteiger partial charge on any atom is 0.390 e. The fourth-order valence-corrected chi connectivity index (χ4v) is 6.02. The Balaban J connectivity index is 1.46. The summed E-state index contributed by atoms with van der Waals surface area (Å²) in [6.07, 6.45) is 0.105. The third kappa shape index (κ3) is 6.09. The predicted molar refractivity (Wildman–Crippen MR) is 124 cm³/mol. The van der Waals surface area contributed by atoms with Gasteiger partial charge in [0.15, 0.2) is 0 Å². The topological polar surface area (TPSA) is 87.3 Å². The number of carbonyl (C=O) groups excluding carboxylic acids is 1. The number of benzene rings is 2. The van der Waals surface area contributed by atoms with Gasteiger partial charge in [0.1, 0.15) is 0 Å². The first-order chi connectivity index (χ1) is 16.1. The molecule has 2 aliphatic carbocycles. The van der Waals surface area contributed by atoms with E-state index in [4.69, 9.17) is 0 Å². The van der Waals surface area contributed by atoms with E-state index < -0.39 is 47.0 Å². The maximum absolute atomic E-state index is 12.8. The van der Waals surface area contributed by atoms with Crippen molar-refractivity contribution >= 4 is 21.7 Å². The number of anilines is 1. The largest absolute Gasteiger partial charge is 0.390 e. The molecule has 0 bridgehead atoms. The molecular weight excluding hydrogens is 467 g/mol. The molecule has 0 spiro atoms. The number of rotatable bonds is 8. The Morgan fingerprint density at radius 1 is 0.971 bits per heavy atom. The minimum atomic E-state index is -4.36. The van der Waals surface area contributed by atoms with E-state index in [1.54, 1.807) is 30.3 Å². The second kappa shape index (κ2) is 9.95. The van der Waals surface area contributed by atoms with Gasteiger partial charge in [0.2, 0.25) is 10.0 Å². The van der Waals surface area contributed by atoms with Crippen molar-refractivity contribution in [3.63, 3.8) is 0 Å². The molecule has 2 amide bonds. The van der Waals surface area contributed by atoms with Crippen molar-refractivity contribution in [2.24, 2.45) is 0 Å². The average molecular weight is 496 g/mol. The van der Waals surface area contributed by atoms with Crippen molar-refractivity contribution in [2.75, 3.05) is 17.6 Å². The normalized spacial score (nSPS) is 16.1. The van der Waals surface area contributed by atoms with E-state index in [2.05, 4.69) is 21.4 Å². The first-order valence-corrected chi connectivity index (χ1v) is 13.1. The summed E-state index contributed by atoms with van der Waals surface area (Å²) in [6, 6.07) is 8.81. The second-order valence-corrected chi connectivity index (χ2v) is 10.6. The van der Waals surface area contributed by atoms with Gasteiger partial charge in [-0.05, 0) is 66.3 Å². The molecule has 0 saturated carbocycles. The molecule has 3 N–H and O–H groups in total. The van der Waals surface area contributed by atoms with Crippen LogP contribution in [0.15, 0.2) is 36.4 Å². The molecule has 0 radical (unpaired) electrons. The van der Waals surface area contributed by atoms with Gasteiger partial charge < -0.3 is 10.6 Å². The third-order valence-corrected chi connectivity index (χ3v) is 7.62. The van der Waals surface area contributed by atoms with E-state index in [1.807, 2.05) is 0 Å². The first kappa shape index (κ1) is 24.5. The molecule has 1 unspecified atom stereocenters. The Morgan fingerprint density at radius 2 is 1.59 bits per heavy atom. The zero-order valence-electron chi connectivity index (χ0n) is 18.7. The monoisotopic (exact) mass is 495 g/mol. The van der Waals surface area contributed by atoms with Crippen LogP contribution in [-0.4, -0.2) is 32.9 Å². The van der Waals surface area contributed by atoms with Crippen molar-refractivity contribution in [3.8, 4) is 0 Å². The van der Waals surface area contributed by atoms with Crippen LogP contribution < -0.4 is 15.4 Å². The van der Waals surface area contributed by atoms with E-state index in [9.17, 15) is 26.4 Å².